The van der Waals surface area contributed by atoms with Gasteiger partial charge in [0, 0.05) is 12.0 Å². The molecule has 4 saturated carbocycles. The SMILES string of the molecule is CC(C)=CCCC(OC1OC(COC2OCC(O)C(O)C2O)C(O)C(O)C1O)C1CCC2(C)C1CCC1C3(CO)CCC(OC4OC(CO)C(O)C(O)C4OC4OC(CO)C(O)C(O)C4O)C(C)(C)C3CCC12C. The average molecular weight is 1070 g/mol. The van der Waals surface area contributed by atoms with Crippen molar-refractivity contribution in [3.63, 3.8) is 0 Å². The Hall–Kier alpha value is -1.14. The molecule has 8 rings (SSSR count). The van der Waals surface area contributed by atoms with Crippen LogP contribution in [-0.4, -0.2) is 233 Å². The molecular formula is C52H88O22. The summed E-state index contributed by atoms with van der Waals surface area (Å²) in [5.41, 5.74) is -0.446. The van der Waals surface area contributed by atoms with Gasteiger partial charge in [-0.25, -0.2) is 0 Å². The number of hydrogen-bond donors (Lipinski definition) is 14. The minimum absolute atomic E-state index is 0.0187. The Morgan fingerprint density at radius 2 is 1.18 bits per heavy atom. The Labute approximate surface area is 433 Å². The monoisotopic (exact) mass is 1060 g/mol. The zero-order valence-corrected chi connectivity index (χ0v) is 43.6. The molecule has 4 aliphatic heterocycles. The number of aliphatic hydroxyl groups excluding tert-OH is 14. The quantitative estimate of drug-likeness (QED) is 0.0590. The molecule has 0 bridgehead atoms. The van der Waals surface area contributed by atoms with Crippen molar-refractivity contribution in [1.29, 1.82) is 0 Å². The lowest BCUT2D eigenvalue weighted by atomic mass is 9.35. The van der Waals surface area contributed by atoms with Gasteiger partial charge in [0.2, 0.25) is 0 Å². The fourth-order valence-corrected chi connectivity index (χ4v) is 15.6. The summed E-state index contributed by atoms with van der Waals surface area (Å²) in [6, 6.07) is 0. The summed E-state index contributed by atoms with van der Waals surface area (Å²) in [4.78, 5) is 0. The lowest BCUT2D eigenvalue weighted by Gasteiger charge is -2.70. The van der Waals surface area contributed by atoms with E-state index in [1.54, 1.807) is 0 Å². The van der Waals surface area contributed by atoms with Crippen LogP contribution in [0.15, 0.2) is 11.6 Å². The largest absolute Gasteiger partial charge is 0.396 e. The molecular weight excluding hydrogens is 977 g/mol. The fraction of sp³-hybridized carbons (Fsp3) is 0.962. The van der Waals surface area contributed by atoms with Crippen molar-refractivity contribution in [2.75, 3.05) is 33.0 Å². The van der Waals surface area contributed by atoms with Crippen molar-refractivity contribution in [3.05, 3.63) is 11.6 Å². The molecule has 0 aromatic heterocycles. The Bertz CT molecular complexity index is 1870. The third kappa shape index (κ3) is 10.5. The van der Waals surface area contributed by atoms with Gasteiger partial charge in [-0.15, -0.1) is 0 Å². The first-order chi connectivity index (χ1) is 34.9. The molecule has 14 N–H and O–H groups in total. The van der Waals surface area contributed by atoms with E-state index in [1.165, 1.54) is 0 Å². The van der Waals surface area contributed by atoms with E-state index >= 15 is 0 Å². The van der Waals surface area contributed by atoms with Gasteiger partial charge >= 0.3 is 0 Å². The molecule has 0 aromatic rings. The summed E-state index contributed by atoms with van der Waals surface area (Å²) >= 11 is 0. The van der Waals surface area contributed by atoms with E-state index in [0.29, 0.717) is 25.7 Å². The lowest BCUT2D eigenvalue weighted by molar-refractivity contribution is -0.379. The first kappa shape index (κ1) is 59.0. The van der Waals surface area contributed by atoms with Gasteiger partial charge in [0.05, 0.1) is 38.6 Å². The van der Waals surface area contributed by atoms with Crippen LogP contribution in [0.3, 0.4) is 0 Å². The Balaban J connectivity index is 0.992. The fourth-order valence-electron chi connectivity index (χ4n) is 15.6. The molecule has 22 nitrogen and oxygen atoms in total. The van der Waals surface area contributed by atoms with E-state index in [9.17, 15) is 71.5 Å². The maximum absolute atomic E-state index is 11.8. The summed E-state index contributed by atoms with van der Waals surface area (Å²) in [7, 11) is 0. The van der Waals surface area contributed by atoms with Gasteiger partial charge in [-0.1, -0.05) is 39.3 Å². The maximum Gasteiger partial charge on any atom is 0.187 e. The summed E-state index contributed by atoms with van der Waals surface area (Å²) in [6.07, 6.45) is -20.6. The number of aliphatic hydroxyl groups is 14. The summed E-state index contributed by atoms with van der Waals surface area (Å²) in [6.45, 7) is 10.9. The molecule has 28 atom stereocenters. The van der Waals surface area contributed by atoms with E-state index < -0.39 is 160 Å². The molecule has 28 unspecified atom stereocenters. The van der Waals surface area contributed by atoms with Gasteiger partial charge in [0.25, 0.3) is 0 Å². The molecule has 74 heavy (non-hydrogen) atoms. The third-order valence-corrected chi connectivity index (χ3v) is 20.0. The predicted octanol–water partition coefficient (Wildman–Crippen LogP) is -1.95. The third-order valence-electron chi connectivity index (χ3n) is 20.0. The Kier molecular flexibility index (Phi) is 18.5. The van der Waals surface area contributed by atoms with Gasteiger partial charge in [-0.2, -0.15) is 0 Å². The van der Waals surface area contributed by atoms with Crippen LogP contribution in [0.2, 0.25) is 0 Å². The van der Waals surface area contributed by atoms with Crippen LogP contribution >= 0.6 is 0 Å². The highest BCUT2D eigenvalue weighted by Gasteiger charge is 2.71. The zero-order valence-electron chi connectivity index (χ0n) is 43.6. The van der Waals surface area contributed by atoms with Crippen LogP contribution in [0.5, 0.6) is 0 Å². The van der Waals surface area contributed by atoms with Crippen LogP contribution in [0.25, 0.3) is 0 Å². The second kappa shape index (κ2) is 23.1. The van der Waals surface area contributed by atoms with Crippen LogP contribution in [0, 0.1) is 45.3 Å². The van der Waals surface area contributed by atoms with E-state index in [2.05, 4.69) is 33.8 Å². The maximum atomic E-state index is 11.8. The van der Waals surface area contributed by atoms with E-state index in [4.69, 9.17) is 37.9 Å². The molecule has 22 heteroatoms. The van der Waals surface area contributed by atoms with Crippen LogP contribution in [-0.2, 0) is 37.9 Å². The van der Waals surface area contributed by atoms with Crippen molar-refractivity contribution in [3.8, 4) is 0 Å². The van der Waals surface area contributed by atoms with Crippen LogP contribution < -0.4 is 0 Å². The van der Waals surface area contributed by atoms with Gasteiger partial charge < -0.3 is 109 Å². The summed E-state index contributed by atoms with van der Waals surface area (Å²) in [5.74, 6) is 0.239. The Morgan fingerprint density at radius 1 is 0.581 bits per heavy atom. The second-order valence-electron chi connectivity index (χ2n) is 24.4. The van der Waals surface area contributed by atoms with E-state index in [1.807, 2.05) is 13.8 Å². The standard InChI is InChI=1S/C52H88O22/c1-23(2)8-7-9-27(69-46-42(65)39(62)37(60)30(72-46)21-68-45-41(64)34(57)26(56)20-67-45)24-12-15-50(5)25(24)10-11-32-51(50,6)16-13-31-49(3,4)33(14-17-52(31,32)22-55)73-48-44(40(63)36(59)29(19-54)71-48)74-47-43(66)38(61)35(58)28(18-53)70-47/h8,24-48,53-66H,7,9-22H2,1-6H3. The van der Waals surface area contributed by atoms with Gasteiger partial charge in [-0.3, -0.25) is 0 Å². The number of fused-ring (bicyclic) bond motifs is 5. The predicted molar refractivity (Wildman–Crippen MR) is 256 cm³/mol. The van der Waals surface area contributed by atoms with Crippen LogP contribution in [0.1, 0.15) is 106 Å². The van der Waals surface area contributed by atoms with Gasteiger partial charge in [0.1, 0.15) is 91.6 Å². The molecule has 8 fully saturated rings. The normalized spacial score (nSPS) is 51.8. The summed E-state index contributed by atoms with van der Waals surface area (Å²) < 4.78 is 48.5. The number of rotatable bonds is 16. The molecule has 8 aliphatic rings. The smallest absolute Gasteiger partial charge is 0.187 e. The highest BCUT2D eigenvalue weighted by molar-refractivity contribution is 5.19. The van der Waals surface area contributed by atoms with Crippen molar-refractivity contribution in [1.82, 2.24) is 0 Å². The van der Waals surface area contributed by atoms with Gasteiger partial charge in [0.15, 0.2) is 25.2 Å². The van der Waals surface area contributed by atoms with E-state index in [-0.39, 0.29) is 47.7 Å². The van der Waals surface area contributed by atoms with Crippen LogP contribution in [0.4, 0.5) is 0 Å². The molecule has 4 aliphatic carbocycles. The minimum Gasteiger partial charge on any atom is -0.396 e. The van der Waals surface area contributed by atoms with Crippen molar-refractivity contribution >= 4 is 0 Å². The lowest BCUT2D eigenvalue weighted by Crippen LogP contribution is -2.67. The molecule has 0 amide bonds. The first-order valence-corrected chi connectivity index (χ1v) is 27.0. The van der Waals surface area contributed by atoms with E-state index in [0.717, 1.165) is 44.1 Å². The first-order valence-electron chi connectivity index (χ1n) is 27.0. The molecule has 4 saturated heterocycles. The van der Waals surface area contributed by atoms with Crippen molar-refractivity contribution in [2.45, 2.75) is 235 Å². The minimum atomic E-state index is -1.81. The van der Waals surface area contributed by atoms with Crippen molar-refractivity contribution in [2.24, 2.45) is 45.3 Å². The zero-order chi connectivity index (χ0) is 54.0. The molecule has 428 valence electrons. The molecule has 4 heterocycles. The Morgan fingerprint density at radius 3 is 1.82 bits per heavy atom. The summed E-state index contributed by atoms with van der Waals surface area (Å²) in [5, 5.41) is 150. The highest BCUT2D eigenvalue weighted by atomic mass is 16.8. The molecule has 0 spiro atoms. The van der Waals surface area contributed by atoms with Gasteiger partial charge in [-0.05, 0) is 118 Å². The number of ether oxygens (including phenoxy) is 8. The topological polar surface area (TPSA) is 357 Å². The number of hydrogen-bond acceptors (Lipinski definition) is 22. The second-order valence-corrected chi connectivity index (χ2v) is 24.4. The number of allylic oxidation sites excluding steroid dienone is 2. The molecule has 0 radical (unpaired) electrons. The molecule has 0 aromatic carbocycles. The van der Waals surface area contributed by atoms with Crippen molar-refractivity contribution < 1.29 is 109 Å². The highest BCUT2D eigenvalue weighted by Crippen LogP contribution is 2.75. The average Bonchev–Trinajstić information content (AvgIpc) is 3.73.